The van der Waals surface area contributed by atoms with Gasteiger partial charge in [0.15, 0.2) is 5.84 Å². The van der Waals surface area contributed by atoms with Gasteiger partial charge in [-0.15, -0.1) is 0 Å². The van der Waals surface area contributed by atoms with Crippen molar-refractivity contribution in [2.24, 2.45) is 15.7 Å². The van der Waals surface area contributed by atoms with Gasteiger partial charge in [-0.05, 0) is 73.5 Å². The Morgan fingerprint density at radius 3 is 1.71 bits per heavy atom. The fraction of sp³-hybridized carbons (Fsp3) is 0.0182. The number of nitrogens with two attached hydrogens (primary N) is 1. The van der Waals surface area contributed by atoms with Crippen LogP contribution in [0.25, 0.3) is 77.2 Å². The van der Waals surface area contributed by atoms with Crippen LogP contribution in [0.5, 0.6) is 0 Å². The van der Waals surface area contributed by atoms with Crippen molar-refractivity contribution in [3.63, 3.8) is 0 Å². The van der Waals surface area contributed by atoms with Crippen LogP contribution in [0, 0.1) is 0 Å². The number of furan rings is 1. The van der Waals surface area contributed by atoms with Crippen LogP contribution in [0.4, 0.5) is 0 Å². The van der Waals surface area contributed by atoms with Gasteiger partial charge in [-0.1, -0.05) is 194 Å². The summed E-state index contributed by atoms with van der Waals surface area (Å²) >= 11 is 0. The van der Waals surface area contributed by atoms with Gasteiger partial charge in [0.05, 0.1) is 6.54 Å². The highest BCUT2D eigenvalue weighted by Gasteiger charge is 2.18. The molecule has 0 saturated heterocycles. The minimum atomic E-state index is 0.398. The van der Waals surface area contributed by atoms with Crippen LogP contribution in [0.15, 0.2) is 227 Å². The molecule has 9 aromatic carbocycles. The van der Waals surface area contributed by atoms with E-state index < -0.39 is 0 Å². The van der Waals surface area contributed by atoms with E-state index in [4.69, 9.17) is 20.1 Å². The second-order valence-corrected chi connectivity index (χ2v) is 14.7. The number of para-hydroxylation sites is 1. The van der Waals surface area contributed by atoms with Gasteiger partial charge in [-0.3, -0.25) is 4.99 Å². The standard InChI is InChI=1S/C55H39N3O/c56-54(58-55(57-36-37-11-3-1-4-12-37)45-30-23-42(24-31-45)41-21-19-40(20-22-41)38-13-5-2-6-14-38)44-28-26-43(27-29-44)48-33-34-49(47-32-25-39-15-7-8-16-46(39)35-47)53-52(48)50-17-9-10-18-51(50)59-53/h1-35H,36H2,(H2,56,57,58). The van der Waals surface area contributed by atoms with Crippen molar-refractivity contribution in [2.75, 3.05) is 0 Å². The molecule has 2 N–H and O–H groups in total. The second kappa shape index (κ2) is 15.6. The van der Waals surface area contributed by atoms with Crippen LogP contribution in [-0.2, 0) is 6.54 Å². The van der Waals surface area contributed by atoms with Crippen molar-refractivity contribution in [1.29, 1.82) is 0 Å². The lowest BCUT2D eigenvalue weighted by molar-refractivity contribution is 0.670. The highest BCUT2D eigenvalue weighted by molar-refractivity contribution is 6.17. The third kappa shape index (κ3) is 7.20. The number of amidine groups is 2. The van der Waals surface area contributed by atoms with Gasteiger partial charge in [-0.2, -0.15) is 0 Å². The van der Waals surface area contributed by atoms with Crippen LogP contribution in [-0.4, -0.2) is 11.7 Å². The highest BCUT2D eigenvalue weighted by atomic mass is 16.3. The molecule has 0 bridgehead atoms. The molecule has 10 rings (SSSR count). The largest absolute Gasteiger partial charge is 0.455 e. The molecule has 1 aromatic heterocycles. The van der Waals surface area contributed by atoms with Crippen LogP contribution in [0.1, 0.15) is 16.7 Å². The molecule has 0 spiro atoms. The average molecular weight is 758 g/mol. The van der Waals surface area contributed by atoms with E-state index in [0.29, 0.717) is 18.2 Å². The lowest BCUT2D eigenvalue weighted by atomic mass is 9.93. The number of hydrogen-bond donors (Lipinski definition) is 1. The van der Waals surface area contributed by atoms with E-state index in [9.17, 15) is 0 Å². The maximum atomic E-state index is 6.80. The zero-order valence-corrected chi connectivity index (χ0v) is 32.3. The molecule has 0 amide bonds. The molecule has 0 aliphatic rings. The lowest BCUT2D eigenvalue weighted by Crippen LogP contribution is -2.16. The Morgan fingerprint density at radius 1 is 0.441 bits per heavy atom. The zero-order valence-electron chi connectivity index (χ0n) is 32.3. The Balaban J connectivity index is 0.970. The number of benzene rings is 9. The smallest absolute Gasteiger partial charge is 0.157 e. The molecule has 0 saturated carbocycles. The molecule has 1 heterocycles. The van der Waals surface area contributed by atoms with Crippen molar-refractivity contribution in [1.82, 2.24) is 0 Å². The Kier molecular flexibility index (Phi) is 9.41. The molecule has 0 atom stereocenters. The Morgan fingerprint density at radius 2 is 0.983 bits per heavy atom. The zero-order chi connectivity index (χ0) is 39.5. The van der Waals surface area contributed by atoms with E-state index in [1.54, 1.807) is 0 Å². The molecule has 0 aliphatic heterocycles. The summed E-state index contributed by atoms with van der Waals surface area (Å²) in [7, 11) is 0. The predicted molar refractivity (Wildman–Crippen MR) is 247 cm³/mol. The molecule has 0 radical (unpaired) electrons. The lowest BCUT2D eigenvalue weighted by Gasteiger charge is -2.11. The summed E-state index contributed by atoms with van der Waals surface area (Å²) in [6, 6.07) is 73.7. The number of aliphatic imine (C=N–C) groups is 2. The first-order valence-electron chi connectivity index (χ1n) is 19.9. The average Bonchev–Trinajstić information content (AvgIpc) is 3.71. The number of fused-ring (bicyclic) bond motifs is 4. The number of nitrogens with zero attached hydrogens (tertiary/aromatic N) is 2. The summed E-state index contributed by atoms with van der Waals surface area (Å²) in [4.78, 5) is 9.95. The third-order valence-corrected chi connectivity index (χ3v) is 11.0. The maximum Gasteiger partial charge on any atom is 0.157 e. The molecule has 0 aliphatic carbocycles. The fourth-order valence-corrected chi connectivity index (χ4v) is 7.89. The van der Waals surface area contributed by atoms with E-state index >= 15 is 0 Å². The second-order valence-electron chi connectivity index (χ2n) is 14.7. The Labute approximate surface area is 343 Å². The topological polar surface area (TPSA) is 63.9 Å². The Hall–Kier alpha value is -7.82. The molecule has 10 aromatic rings. The van der Waals surface area contributed by atoms with Crippen molar-refractivity contribution in [3.05, 3.63) is 229 Å². The molecule has 4 nitrogen and oxygen atoms in total. The molecule has 0 fully saturated rings. The minimum Gasteiger partial charge on any atom is -0.455 e. The highest BCUT2D eigenvalue weighted by Crippen LogP contribution is 2.42. The number of rotatable bonds is 8. The van der Waals surface area contributed by atoms with Gasteiger partial charge in [0, 0.05) is 27.5 Å². The summed E-state index contributed by atoms with van der Waals surface area (Å²) in [5, 5.41) is 4.58. The summed E-state index contributed by atoms with van der Waals surface area (Å²) in [5.74, 6) is 0.978. The normalized spacial score (nSPS) is 12.1. The van der Waals surface area contributed by atoms with Gasteiger partial charge in [0.1, 0.15) is 17.0 Å². The van der Waals surface area contributed by atoms with E-state index in [0.717, 1.165) is 72.0 Å². The van der Waals surface area contributed by atoms with Gasteiger partial charge in [-0.25, -0.2) is 4.99 Å². The van der Waals surface area contributed by atoms with Crippen molar-refractivity contribution in [3.8, 4) is 44.5 Å². The van der Waals surface area contributed by atoms with Gasteiger partial charge >= 0.3 is 0 Å². The van der Waals surface area contributed by atoms with Gasteiger partial charge in [0.25, 0.3) is 0 Å². The van der Waals surface area contributed by atoms with Crippen LogP contribution < -0.4 is 5.73 Å². The molecule has 4 heteroatoms. The van der Waals surface area contributed by atoms with Crippen LogP contribution in [0.2, 0.25) is 0 Å². The number of hydrogen-bond acceptors (Lipinski definition) is 2. The monoisotopic (exact) mass is 757 g/mol. The van der Waals surface area contributed by atoms with Gasteiger partial charge < -0.3 is 10.2 Å². The van der Waals surface area contributed by atoms with Gasteiger partial charge in [0.2, 0.25) is 0 Å². The molecular formula is C55H39N3O. The van der Waals surface area contributed by atoms with E-state index in [-0.39, 0.29) is 0 Å². The molecule has 280 valence electrons. The molecular weight excluding hydrogens is 719 g/mol. The van der Waals surface area contributed by atoms with Crippen molar-refractivity contribution in [2.45, 2.75) is 6.54 Å². The summed E-state index contributed by atoms with van der Waals surface area (Å²) in [6.45, 7) is 0.485. The predicted octanol–water partition coefficient (Wildman–Crippen LogP) is 13.8. The summed E-state index contributed by atoms with van der Waals surface area (Å²) in [5.41, 5.74) is 20.3. The SMILES string of the molecule is NC(=NC(=NCc1ccccc1)c1ccc(-c2ccc(-c3ccccc3)cc2)cc1)c1ccc(-c2ccc(-c3ccc4ccccc4c3)c3oc4ccccc4c23)cc1. The quantitative estimate of drug-likeness (QED) is 0.124. The minimum absolute atomic E-state index is 0.398. The summed E-state index contributed by atoms with van der Waals surface area (Å²) in [6.07, 6.45) is 0. The van der Waals surface area contributed by atoms with Crippen molar-refractivity contribution < 1.29 is 4.42 Å². The maximum absolute atomic E-state index is 6.80. The Bertz CT molecular complexity index is 3140. The molecule has 0 unspecified atom stereocenters. The first-order chi connectivity index (χ1) is 29.1. The van der Waals surface area contributed by atoms with E-state index in [2.05, 4.69) is 164 Å². The third-order valence-electron chi connectivity index (χ3n) is 11.0. The van der Waals surface area contributed by atoms with Crippen LogP contribution >= 0.6 is 0 Å². The van der Waals surface area contributed by atoms with E-state index in [1.807, 2.05) is 48.5 Å². The first kappa shape index (κ1) is 35.6. The van der Waals surface area contributed by atoms with Crippen molar-refractivity contribution >= 4 is 44.4 Å². The first-order valence-corrected chi connectivity index (χ1v) is 19.9. The molecule has 59 heavy (non-hydrogen) atoms. The summed E-state index contributed by atoms with van der Waals surface area (Å²) < 4.78 is 6.62. The fourth-order valence-electron chi connectivity index (χ4n) is 7.89. The van der Waals surface area contributed by atoms with E-state index in [1.165, 1.54) is 21.9 Å². The van der Waals surface area contributed by atoms with Crippen LogP contribution in [0.3, 0.4) is 0 Å².